The number of rotatable bonds is 5. The predicted molar refractivity (Wildman–Crippen MR) is 85.4 cm³/mol. The Kier molecular flexibility index (Phi) is 3.61. The van der Waals surface area contributed by atoms with Gasteiger partial charge in [0, 0.05) is 5.56 Å². The molecule has 0 fully saturated rings. The van der Waals surface area contributed by atoms with E-state index >= 15 is 0 Å². The molecule has 3 aromatic heterocycles. The molecular weight excluding hydrogens is 344 g/mol. The van der Waals surface area contributed by atoms with Crippen molar-refractivity contribution in [2.45, 2.75) is 6.54 Å². The number of nitrogens with zero attached hydrogens (tertiary/aromatic N) is 7. The molecule has 0 aliphatic heterocycles. The zero-order valence-corrected chi connectivity index (χ0v) is 13.0. The summed E-state index contributed by atoms with van der Waals surface area (Å²) in [6, 6.07) is 8.58. The number of hydrogen-bond acceptors (Lipinski definition) is 10. The lowest BCUT2D eigenvalue weighted by Gasteiger charge is -1.99. The second kappa shape index (κ2) is 6.08. The Morgan fingerprint density at radius 3 is 2.62 bits per heavy atom. The molecule has 0 aliphatic rings. The molecule has 0 saturated heterocycles. The average Bonchev–Trinajstić information content (AvgIpc) is 3.36. The molecule has 12 nitrogen and oxygen atoms in total. The van der Waals surface area contributed by atoms with E-state index in [-0.39, 0.29) is 29.0 Å². The zero-order valence-electron chi connectivity index (χ0n) is 13.0. The Morgan fingerprint density at radius 2 is 1.96 bits per heavy atom. The van der Waals surface area contributed by atoms with Gasteiger partial charge in [-0.2, -0.15) is 9.67 Å². The highest BCUT2D eigenvalue weighted by atomic mass is 16.6. The molecule has 3 heterocycles. The predicted octanol–water partition coefficient (Wildman–Crippen LogP) is 1.52. The number of hydrogen-bond donors (Lipinski definition) is 1. The number of benzene rings is 1. The van der Waals surface area contributed by atoms with Crippen molar-refractivity contribution in [3.63, 3.8) is 0 Å². The van der Waals surface area contributed by atoms with E-state index in [1.54, 1.807) is 18.3 Å². The second-order valence-electron chi connectivity index (χ2n) is 5.25. The molecule has 26 heavy (non-hydrogen) atoms. The first-order valence-electron chi connectivity index (χ1n) is 7.29. The van der Waals surface area contributed by atoms with E-state index in [1.807, 2.05) is 12.1 Å². The highest BCUT2D eigenvalue weighted by molar-refractivity contribution is 5.64. The summed E-state index contributed by atoms with van der Waals surface area (Å²) in [7, 11) is 0. The normalized spacial score (nSPS) is 10.9. The van der Waals surface area contributed by atoms with E-state index in [0.29, 0.717) is 12.1 Å². The quantitative estimate of drug-likeness (QED) is 0.410. The van der Waals surface area contributed by atoms with Gasteiger partial charge >= 0.3 is 5.82 Å². The Hall–Kier alpha value is -4.09. The van der Waals surface area contributed by atoms with Crippen LogP contribution in [0, 0.1) is 10.1 Å². The van der Waals surface area contributed by atoms with E-state index in [4.69, 9.17) is 10.3 Å². The summed E-state index contributed by atoms with van der Waals surface area (Å²) in [6.45, 7) is 0.393. The van der Waals surface area contributed by atoms with Crippen LogP contribution in [-0.2, 0) is 6.54 Å². The third kappa shape index (κ3) is 2.86. The molecule has 0 atom stereocenters. The van der Waals surface area contributed by atoms with Gasteiger partial charge in [0.05, 0.1) is 23.9 Å². The lowest BCUT2D eigenvalue weighted by molar-refractivity contribution is -0.389. The van der Waals surface area contributed by atoms with Crippen molar-refractivity contribution in [3.05, 3.63) is 52.2 Å². The fraction of sp³-hybridized carbons (Fsp3) is 0.0714. The largest absolute Gasteiger partial charge is 0.389 e. The van der Waals surface area contributed by atoms with Crippen molar-refractivity contribution < 1.29 is 14.1 Å². The molecule has 0 radical (unpaired) electrons. The van der Waals surface area contributed by atoms with Gasteiger partial charge in [0.1, 0.15) is 0 Å². The van der Waals surface area contributed by atoms with Crippen LogP contribution in [0.5, 0.6) is 0 Å². The van der Waals surface area contributed by atoms with Gasteiger partial charge in [-0.1, -0.05) is 17.3 Å². The van der Waals surface area contributed by atoms with Crippen LogP contribution >= 0.6 is 0 Å². The Bertz CT molecular complexity index is 1060. The van der Waals surface area contributed by atoms with Gasteiger partial charge in [0.25, 0.3) is 5.89 Å². The summed E-state index contributed by atoms with van der Waals surface area (Å²) in [6.07, 6.45) is 1.55. The van der Waals surface area contributed by atoms with E-state index < -0.39 is 4.92 Å². The number of nitrogen functional groups attached to an aromatic ring is 1. The van der Waals surface area contributed by atoms with Crippen molar-refractivity contribution in [1.82, 2.24) is 30.2 Å². The van der Waals surface area contributed by atoms with Crippen LogP contribution in [0.1, 0.15) is 5.56 Å². The maximum Gasteiger partial charge on any atom is 0.389 e. The molecule has 0 bridgehead atoms. The lowest BCUT2D eigenvalue weighted by atomic mass is 10.1. The third-order valence-electron chi connectivity index (χ3n) is 3.51. The summed E-state index contributed by atoms with van der Waals surface area (Å²) in [5, 5.41) is 25.4. The van der Waals surface area contributed by atoms with E-state index in [1.165, 1.54) is 10.7 Å². The monoisotopic (exact) mass is 354 g/mol. The van der Waals surface area contributed by atoms with Crippen molar-refractivity contribution in [1.29, 1.82) is 0 Å². The first-order valence-corrected chi connectivity index (χ1v) is 7.29. The minimum absolute atomic E-state index is 0.0704. The molecule has 0 saturated carbocycles. The summed E-state index contributed by atoms with van der Waals surface area (Å²) < 4.78 is 11.2. The minimum atomic E-state index is -0.538. The molecule has 12 heteroatoms. The number of nitro groups is 1. The molecule has 2 N–H and O–H groups in total. The molecule has 0 spiro atoms. The van der Waals surface area contributed by atoms with Gasteiger partial charge < -0.3 is 20.4 Å². The van der Waals surface area contributed by atoms with Gasteiger partial charge in [-0.3, -0.25) is 0 Å². The van der Waals surface area contributed by atoms with Gasteiger partial charge in [-0.15, -0.1) is 0 Å². The Morgan fingerprint density at radius 1 is 1.15 bits per heavy atom. The van der Waals surface area contributed by atoms with E-state index in [2.05, 4.69) is 30.2 Å². The van der Waals surface area contributed by atoms with Crippen molar-refractivity contribution in [2.75, 3.05) is 5.73 Å². The molecule has 4 aromatic rings. The maximum atomic E-state index is 10.7. The summed E-state index contributed by atoms with van der Waals surface area (Å²) >= 11 is 0. The van der Waals surface area contributed by atoms with Crippen molar-refractivity contribution in [3.8, 4) is 23.0 Å². The summed E-state index contributed by atoms with van der Waals surface area (Å²) in [5.41, 5.74) is 7.39. The topological polar surface area (TPSA) is 165 Å². The summed E-state index contributed by atoms with van der Waals surface area (Å²) in [5.74, 6) is 0.331. The smallest absolute Gasteiger partial charge is 0.379 e. The molecule has 1 aromatic carbocycles. The first-order chi connectivity index (χ1) is 12.6. The summed E-state index contributed by atoms with van der Waals surface area (Å²) in [4.78, 5) is 14.3. The maximum absolute atomic E-state index is 10.7. The number of nitrogens with two attached hydrogens (primary N) is 1. The van der Waals surface area contributed by atoms with E-state index in [9.17, 15) is 10.1 Å². The van der Waals surface area contributed by atoms with Crippen LogP contribution in [0.3, 0.4) is 0 Å². The van der Waals surface area contributed by atoms with Crippen LogP contribution < -0.4 is 5.73 Å². The molecule has 0 amide bonds. The average molecular weight is 354 g/mol. The van der Waals surface area contributed by atoms with Crippen LogP contribution in [0.2, 0.25) is 0 Å². The number of aromatic nitrogens is 6. The zero-order chi connectivity index (χ0) is 18.1. The SMILES string of the molecule is Nc1nonc1-c1noc(-c2ccc(Cn3ccc([N+](=O)[O-])n3)cc2)n1. The van der Waals surface area contributed by atoms with Crippen LogP contribution in [0.25, 0.3) is 23.0 Å². The second-order valence-corrected chi connectivity index (χ2v) is 5.25. The van der Waals surface area contributed by atoms with Gasteiger partial charge in [0.2, 0.25) is 5.82 Å². The highest BCUT2D eigenvalue weighted by Crippen LogP contribution is 2.24. The molecule has 130 valence electrons. The minimum Gasteiger partial charge on any atom is -0.379 e. The van der Waals surface area contributed by atoms with Gasteiger partial charge in [-0.25, -0.2) is 4.63 Å². The Balaban J connectivity index is 1.52. The van der Waals surface area contributed by atoms with Crippen LogP contribution in [0.15, 0.2) is 45.7 Å². The number of anilines is 1. The lowest BCUT2D eigenvalue weighted by Crippen LogP contribution is -2.01. The highest BCUT2D eigenvalue weighted by Gasteiger charge is 2.17. The molecule has 0 aliphatic carbocycles. The fourth-order valence-corrected chi connectivity index (χ4v) is 2.26. The van der Waals surface area contributed by atoms with Crippen molar-refractivity contribution >= 4 is 11.6 Å². The first kappa shape index (κ1) is 15.4. The Labute approximate surface area is 144 Å². The third-order valence-corrected chi connectivity index (χ3v) is 3.51. The van der Waals surface area contributed by atoms with Crippen molar-refractivity contribution in [2.24, 2.45) is 0 Å². The fourth-order valence-electron chi connectivity index (χ4n) is 2.26. The molecular formula is C14H10N8O4. The van der Waals surface area contributed by atoms with Gasteiger partial charge in [0.15, 0.2) is 11.5 Å². The standard InChI is InChI=1S/C14H10N8O4/c15-12-11(18-26-19-12)13-16-14(25-20-13)9-3-1-8(2-4-9)7-21-6-5-10(17-21)22(23)24/h1-6H,7H2,(H2,15,19). The van der Waals surface area contributed by atoms with Gasteiger partial charge in [-0.05, 0) is 32.9 Å². The molecule has 0 unspecified atom stereocenters. The molecule has 4 rings (SSSR count). The van der Waals surface area contributed by atoms with E-state index in [0.717, 1.165) is 5.56 Å². The van der Waals surface area contributed by atoms with Crippen LogP contribution in [0.4, 0.5) is 11.6 Å². The van der Waals surface area contributed by atoms with Crippen LogP contribution in [-0.4, -0.2) is 35.2 Å².